The van der Waals surface area contributed by atoms with E-state index in [1.807, 2.05) is 32.0 Å². The highest BCUT2D eigenvalue weighted by atomic mass is 32.2. The van der Waals surface area contributed by atoms with Gasteiger partial charge in [0.15, 0.2) is 0 Å². The Bertz CT molecular complexity index is 655. The lowest BCUT2D eigenvalue weighted by atomic mass is 10.2. The topological polar surface area (TPSA) is 69.9 Å². The Labute approximate surface area is 159 Å². The first kappa shape index (κ1) is 21.0. The van der Waals surface area contributed by atoms with Crippen LogP contribution in [0.2, 0.25) is 0 Å². The highest BCUT2D eigenvalue weighted by Gasteiger charge is 2.20. The summed E-state index contributed by atoms with van der Waals surface area (Å²) in [6.07, 6.45) is 1.93. The first-order chi connectivity index (χ1) is 12.3. The van der Waals surface area contributed by atoms with Crippen molar-refractivity contribution >= 4 is 21.4 Å². The van der Waals surface area contributed by atoms with E-state index in [0.29, 0.717) is 6.54 Å². The number of rotatable bonds is 9. The average Bonchev–Trinajstić information content (AvgIpc) is 2.58. The number of nitrogens with two attached hydrogens (primary N) is 1. The number of hydrogen-bond acceptors (Lipinski definition) is 5. The van der Waals surface area contributed by atoms with Crippen LogP contribution in [0.15, 0.2) is 24.3 Å². The zero-order valence-corrected chi connectivity index (χ0v) is 17.2. The summed E-state index contributed by atoms with van der Waals surface area (Å²) >= 11 is 0. The van der Waals surface area contributed by atoms with Crippen molar-refractivity contribution in [1.82, 2.24) is 9.21 Å². The third kappa shape index (κ3) is 6.45. The lowest BCUT2D eigenvalue weighted by Crippen LogP contribution is -2.46. The molecule has 0 spiro atoms. The summed E-state index contributed by atoms with van der Waals surface area (Å²) in [6, 6.07) is 8.06. The summed E-state index contributed by atoms with van der Waals surface area (Å²) < 4.78 is 25.8. The monoisotopic (exact) mass is 382 g/mol. The second-order valence-electron chi connectivity index (χ2n) is 7.62. The third-order valence-electron chi connectivity index (χ3n) is 4.82. The molecule has 0 saturated carbocycles. The Kier molecular flexibility index (Phi) is 7.73. The molecule has 7 heteroatoms. The molecular weight excluding hydrogens is 348 g/mol. The molecule has 2 rings (SSSR count). The highest BCUT2D eigenvalue weighted by molar-refractivity contribution is 7.89. The fraction of sp³-hybridized carbons (Fsp3) is 0.684. The van der Waals surface area contributed by atoms with E-state index in [9.17, 15) is 8.42 Å². The zero-order chi connectivity index (χ0) is 19.2. The van der Waals surface area contributed by atoms with Gasteiger partial charge in [0.2, 0.25) is 10.0 Å². The van der Waals surface area contributed by atoms with Crippen LogP contribution in [0.1, 0.15) is 26.7 Å². The van der Waals surface area contributed by atoms with Crippen LogP contribution >= 0.6 is 0 Å². The van der Waals surface area contributed by atoms with E-state index in [1.54, 1.807) is 7.05 Å². The molecule has 2 N–H and O–H groups in total. The van der Waals surface area contributed by atoms with Crippen LogP contribution in [-0.2, 0) is 10.0 Å². The van der Waals surface area contributed by atoms with Crippen molar-refractivity contribution in [2.24, 2.45) is 5.92 Å². The molecule has 1 heterocycles. The van der Waals surface area contributed by atoms with E-state index < -0.39 is 10.0 Å². The van der Waals surface area contributed by atoms with Crippen molar-refractivity contribution in [3.05, 3.63) is 24.3 Å². The molecule has 1 aromatic rings. The standard InChI is InChI=1S/C19H34N4O2S/c1-17(2)16-26(24,25)21(3)9-4-5-10-22-11-13-23(14-12-22)19-8-6-7-18(20)15-19/h6-8,15,17H,4-5,9-14,16,20H2,1-3H3. The van der Waals surface area contributed by atoms with Gasteiger partial charge in [-0.3, -0.25) is 4.90 Å². The van der Waals surface area contributed by atoms with Crippen molar-refractivity contribution in [2.75, 3.05) is 62.7 Å². The Balaban J connectivity index is 1.66. The lowest BCUT2D eigenvalue weighted by Gasteiger charge is -2.36. The van der Waals surface area contributed by atoms with Gasteiger partial charge in [-0.15, -0.1) is 0 Å². The number of nitrogen functional groups attached to an aromatic ring is 1. The van der Waals surface area contributed by atoms with Crippen molar-refractivity contribution in [1.29, 1.82) is 0 Å². The molecular formula is C19H34N4O2S. The zero-order valence-electron chi connectivity index (χ0n) is 16.4. The van der Waals surface area contributed by atoms with E-state index in [2.05, 4.69) is 15.9 Å². The highest BCUT2D eigenvalue weighted by Crippen LogP contribution is 2.19. The van der Waals surface area contributed by atoms with E-state index in [-0.39, 0.29) is 11.7 Å². The summed E-state index contributed by atoms with van der Waals surface area (Å²) in [4.78, 5) is 4.84. The quantitative estimate of drug-likeness (QED) is 0.523. The Morgan fingerprint density at radius 3 is 2.46 bits per heavy atom. The number of unbranched alkanes of at least 4 members (excludes halogenated alkanes) is 1. The molecule has 0 aromatic heterocycles. The van der Waals surface area contributed by atoms with Gasteiger partial charge in [-0.2, -0.15) is 0 Å². The van der Waals surface area contributed by atoms with Crippen LogP contribution in [0.25, 0.3) is 0 Å². The number of piperazine rings is 1. The summed E-state index contributed by atoms with van der Waals surface area (Å²) in [6.45, 7) is 9.61. The maximum Gasteiger partial charge on any atom is 0.214 e. The molecule has 1 aromatic carbocycles. The van der Waals surface area contributed by atoms with Crippen molar-refractivity contribution < 1.29 is 8.42 Å². The summed E-state index contributed by atoms with van der Waals surface area (Å²) in [5, 5.41) is 0. The summed E-state index contributed by atoms with van der Waals surface area (Å²) in [7, 11) is -1.41. The molecule has 1 aliphatic heterocycles. The van der Waals surface area contributed by atoms with Crippen LogP contribution in [0.5, 0.6) is 0 Å². The minimum absolute atomic E-state index is 0.165. The number of sulfonamides is 1. The Morgan fingerprint density at radius 1 is 1.15 bits per heavy atom. The van der Waals surface area contributed by atoms with E-state index in [4.69, 9.17) is 5.73 Å². The summed E-state index contributed by atoms with van der Waals surface area (Å²) in [5.41, 5.74) is 7.87. The van der Waals surface area contributed by atoms with Gasteiger partial charge in [0.1, 0.15) is 0 Å². The van der Waals surface area contributed by atoms with Crippen LogP contribution in [0, 0.1) is 5.92 Å². The van der Waals surface area contributed by atoms with Gasteiger partial charge in [0, 0.05) is 51.1 Å². The normalized spacial score (nSPS) is 16.6. The smallest absolute Gasteiger partial charge is 0.214 e. The average molecular weight is 383 g/mol. The van der Waals surface area contributed by atoms with Gasteiger partial charge >= 0.3 is 0 Å². The van der Waals surface area contributed by atoms with Crippen LogP contribution in [0.4, 0.5) is 11.4 Å². The van der Waals surface area contributed by atoms with E-state index in [0.717, 1.165) is 51.3 Å². The van der Waals surface area contributed by atoms with Gasteiger partial charge in [-0.05, 0) is 43.5 Å². The van der Waals surface area contributed by atoms with E-state index in [1.165, 1.54) is 9.99 Å². The molecule has 6 nitrogen and oxygen atoms in total. The molecule has 0 radical (unpaired) electrons. The van der Waals surface area contributed by atoms with Crippen molar-refractivity contribution in [3.8, 4) is 0 Å². The predicted molar refractivity (Wildman–Crippen MR) is 110 cm³/mol. The second-order valence-corrected chi connectivity index (χ2v) is 9.75. The fourth-order valence-corrected chi connectivity index (χ4v) is 4.81. The third-order valence-corrected chi connectivity index (χ3v) is 7.04. The van der Waals surface area contributed by atoms with Crippen LogP contribution in [-0.4, -0.2) is 69.7 Å². The van der Waals surface area contributed by atoms with Crippen molar-refractivity contribution in [3.63, 3.8) is 0 Å². The molecule has 1 saturated heterocycles. The number of benzene rings is 1. The second kappa shape index (κ2) is 9.58. The maximum atomic E-state index is 12.1. The fourth-order valence-electron chi connectivity index (χ4n) is 3.31. The Morgan fingerprint density at radius 2 is 1.85 bits per heavy atom. The number of hydrogen-bond donors (Lipinski definition) is 1. The van der Waals surface area contributed by atoms with Crippen LogP contribution in [0.3, 0.4) is 0 Å². The summed E-state index contributed by atoms with van der Waals surface area (Å²) in [5.74, 6) is 0.397. The first-order valence-electron chi connectivity index (χ1n) is 9.55. The van der Waals surface area contributed by atoms with E-state index >= 15 is 0 Å². The number of anilines is 2. The minimum Gasteiger partial charge on any atom is -0.399 e. The molecule has 0 bridgehead atoms. The first-order valence-corrected chi connectivity index (χ1v) is 11.2. The molecule has 0 amide bonds. The Hall–Kier alpha value is -1.31. The predicted octanol–water partition coefficient (Wildman–Crippen LogP) is 2.09. The maximum absolute atomic E-state index is 12.1. The van der Waals surface area contributed by atoms with Gasteiger partial charge in [-0.1, -0.05) is 19.9 Å². The van der Waals surface area contributed by atoms with Gasteiger partial charge in [0.25, 0.3) is 0 Å². The minimum atomic E-state index is -3.10. The lowest BCUT2D eigenvalue weighted by molar-refractivity contribution is 0.250. The van der Waals surface area contributed by atoms with Gasteiger partial charge in [0.05, 0.1) is 5.75 Å². The molecule has 1 aliphatic rings. The SMILES string of the molecule is CC(C)CS(=O)(=O)N(C)CCCCN1CCN(c2cccc(N)c2)CC1. The molecule has 0 aliphatic carbocycles. The molecule has 148 valence electrons. The van der Waals surface area contributed by atoms with Gasteiger partial charge in [-0.25, -0.2) is 12.7 Å². The molecule has 0 unspecified atom stereocenters. The van der Waals surface area contributed by atoms with Crippen LogP contribution < -0.4 is 10.6 Å². The van der Waals surface area contributed by atoms with Crippen molar-refractivity contribution in [2.45, 2.75) is 26.7 Å². The number of nitrogens with zero attached hydrogens (tertiary/aromatic N) is 3. The molecule has 0 atom stereocenters. The van der Waals surface area contributed by atoms with Gasteiger partial charge < -0.3 is 10.6 Å². The molecule has 1 fully saturated rings. The largest absolute Gasteiger partial charge is 0.399 e. The molecule has 26 heavy (non-hydrogen) atoms.